The molecule has 0 saturated heterocycles. The third-order valence-electron chi connectivity index (χ3n) is 10.5. The highest BCUT2D eigenvalue weighted by molar-refractivity contribution is 5.07. The summed E-state index contributed by atoms with van der Waals surface area (Å²) in [7, 11) is 0. The first-order valence-corrected chi connectivity index (χ1v) is 12.8. The molecule has 0 nitrogen and oxygen atoms in total. The monoisotopic (exact) mass is 425 g/mol. The first kappa shape index (κ1) is 32.2. The predicted octanol–water partition coefficient (Wildman–Crippen LogP) is 10.8. The Morgan fingerprint density at radius 2 is 0.500 bits per heavy atom. The molecule has 0 aromatic heterocycles. The van der Waals surface area contributed by atoms with Crippen LogP contribution < -0.4 is 0 Å². The number of rotatable bonds is 5. The summed E-state index contributed by atoms with van der Waals surface area (Å²) in [4.78, 5) is 0. The highest BCUT2D eigenvalue weighted by Gasteiger charge is 2.59. The van der Waals surface area contributed by atoms with Crippen LogP contribution in [-0.2, 0) is 0 Å². The molecule has 0 spiro atoms. The van der Waals surface area contributed by atoms with Gasteiger partial charge in [-0.25, -0.2) is 0 Å². The van der Waals surface area contributed by atoms with Crippen molar-refractivity contribution in [1.82, 2.24) is 0 Å². The lowest BCUT2D eigenvalue weighted by Gasteiger charge is -2.64. The van der Waals surface area contributed by atoms with Crippen molar-refractivity contribution in [3.8, 4) is 0 Å². The first-order chi connectivity index (χ1) is 12.8. The molecule has 0 heterocycles. The van der Waals surface area contributed by atoms with E-state index in [1.165, 1.54) is 0 Å². The molecular formula is C30H64. The summed E-state index contributed by atoms with van der Waals surface area (Å²) in [5.41, 5.74) is 2.03. The fourth-order valence-corrected chi connectivity index (χ4v) is 6.89. The van der Waals surface area contributed by atoms with Crippen molar-refractivity contribution in [3.05, 3.63) is 0 Å². The molecule has 0 fully saturated rings. The highest BCUT2D eigenvalue weighted by atomic mass is 14.6. The number of hydrogen-bond acceptors (Lipinski definition) is 0. The van der Waals surface area contributed by atoms with E-state index in [-0.39, 0.29) is 0 Å². The minimum Gasteiger partial charge on any atom is -0.0622 e. The summed E-state index contributed by atoms with van der Waals surface area (Å²) in [6.45, 7) is 48.0. The Labute approximate surface area is 194 Å². The fraction of sp³-hybridized carbons (Fsp3) is 1.00. The third-order valence-corrected chi connectivity index (χ3v) is 10.5. The van der Waals surface area contributed by atoms with E-state index < -0.39 is 0 Å². The average Bonchev–Trinajstić information content (AvgIpc) is 2.48. The topological polar surface area (TPSA) is 0 Å². The quantitative estimate of drug-likeness (QED) is 0.411. The van der Waals surface area contributed by atoms with Crippen molar-refractivity contribution in [3.63, 3.8) is 0 Å². The summed E-state index contributed by atoms with van der Waals surface area (Å²) in [5.74, 6) is 2.84. The van der Waals surface area contributed by atoms with Crippen LogP contribution >= 0.6 is 0 Å². The van der Waals surface area contributed by atoms with Crippen LogP contribution in [0.15, 0.2) is 0 Å². The zero-order chi connectivity index (χ0) is 25.3. The third kappa shape index (κ3) is 5.67. The van der Waals surface area contributed by atoms with Crippen LogP contribution in [-0.4, -0.2) is 0 Å². The van der Waals surface area contributed by atoms with E-state index in [2.05, 4.69) is 138 Å². The average molecular weight is 425 g/mol. The maximum absolute atomic E-state index is 2.52. The molecule has 0 radical (unpaired) electrons. The highest BCUT2D eigenvalue weighted by Crippen LogP contribution is 2.65. The van der Waals surface area contributed by atoms with Crippen LogP contribution in [0.3, 0.4) is 0 Å². The zero-order valence-electron chi connectivity index (χ0n) is 25.3. The molecule has 0 aliphatic carbocycles. The van der Waals surface area contributed by atoms with Crippen molar-refractivity contribution in [2.45, 2.75) is 138 Å². The van der Waals surface area contributed by atoms with Crippen LogP contribution in [0, 0.1) is 56.2 Å². The molecule has 0 N–H and O–H groups in total. The molecule has 0 amide bonds. The summed E-state index contributed by atoms with van der Waals surface area (Å²) in [5, 5.41) is 0. The van der Waals surface area contributed by atoms with E-state index in [4.69, 9.17) is 0 Å². The van der Waals surface area contributed by atoms with Gasteiger partial charge < -0.3 is 0 Å². The van der Waals surface area contributed by atoms with Gasteiger partial charge in [-0.05, 0) is 56.2 Å². The molecular weight excluding hydrogens is 360 g/mol. The summed E-state index contributed by atoms with van der Waals surface area (Å²) >= 11 is 0. The fourth-order valence-electron chi connectivity index (χ4n) is 6.89. The van der Waals surface area contributed by atoms with Gasteiger partial charge in [0.15, 0.2) is 0 Å². The molecule has 0 bridgehead atoms. The maximum atomic E-state index is 2.52. The molecule has 0 aliphatic rings. The molecule has 2 unspecified atom stereocenters. The second kappa shape index (κ2) is 9.87. The molecule has 2 atom stereocenters. The number of hydrogen-bond donors (Lipinski definition) is 0. The van der Waals surface area contributed by atoms with Gasteiger partial charge in [-0.2, -0.15) is 0 Å². The maximum Gasteiger partial charge on any atom is -0.0193 e. The predicted molar refractivity (Wildman–Crippen MR) is 142 cm³/mol. The smallest absolute Gasteiger partial charge is 0.0193 e. The second-order valence-corrected chi connectivity index (χ2v) is 15.1. The Kier molecular flexibility index (Phi) is 10.6. The molecule has 0 aromatic rings. The van der Waals surface area contributed by atoms with Crippen molar-refractivity contribution >= 4 is 0 Å². The minimum atomic E-state index is 0.298. The van der Waals surface area contributed by atoms with Crippen molar-refractivity contribution in [1.29, 1.82) is 0 Å². The molecule has 0 aromatic carbocycles. The SMILES string of the molecule is CC(C)C(C)(C(C)(C)C)C(C)(C(C)C)C(C)(C)C.CC(C)C(C)(C(C)C)C(C)(C)C. The lowest BCUT2D eigenvalue weighted by Crippen LogP contribution is -2.58. The van der Waals surface area contributed by atoms with Crippen LogP contribution in [0.1, 0.15) is 138 Å². The van der Waals surface area contributed by atoms with Gasteiger partial charge in [0.2, 0.25) is 0 Å². The Hall–Kier alpha value is 0. The zero-order valence-corrected chi connectivity index (χ0v) is 25.3. The molecule has 0 rings (SSSR count). The van der Waals surface area contributed by atoms with Crippen LogP contribution in [0.5, 0.6) is 0 Å². The van der Waals surface area contributed by atoms with Gasteiger partial charge in [0.1, 0.15) is 0 Å². The molecule has 30 heavy (non-hydrogen) atoms. The van der Waals surface area contributed by atoms with Gasteiger partial charge >= 0.3 is 0 Å². The Morgan fingerprint density at radius 1 is 0.300 bits per heavy atom. The molecule has 0 heteroatoms. The van der Waals surface area contributed by atoms with Gasteiger partial charge in [0.25, 0.3) is 0 Å². The van der Waals surface area contributed by atoms with Gasteiger partial charge in [-0.3, -0.25) is 0 Å². The van der Waals surface area contributed by atoms with Crippen molar-refractivity contribution in [2.75, 3.05) is 0 Å². The van der Waals surface area contributed by atoms with Gasteiger partial charge in [-0.15, -0.1) is 0 Å². The molecule has 184 valence electrons. The summed E-state index contributed by atoms with van der Waals surface area (Å²) < 4.78 is 0. The Balaban J connectivity index is 0. The molecule has 0 aliphatic heterocycles. The van der Waals surface area contributed by atoms with E-state index in [0.29, 0.717) is 44.3 Å². The lowest BCUT2D eigenvalue weighted by atomic mass is 9.40. The first-order valence-electron chi connectivity index (χ1n) is 12.8. The minimum absolute atomic E-state index is 0.298. The van der Waals surface area contributed by atoms with E-state index in [0.717, 1.165) is 11.8 Å². The lowest BCUT2D eigenvalue weighted by molar-refractivity contribution is -0.162. The van der Waals surface area contributed by atoms with E-state index in [9.17, 15) is 0 Å². The standard InChI is InChI=1S/C18H38.C12H26/c1-13(2)17(11,15(5,6)7)18(12,14(3)4)16(8,9)10;1-9(2)12(8,10(3)4)11(5,6)7/h13-14H,1-12H3;9-10H,1-8H3. The van der Waals surface area contributed by atoms with Crippen molar-refractivity contribution < 1.29 is 0 Å². The Bertz CT molecular complexity index is 460. The second-order valence-electron chi connectivity index (χ2n) is 15.1. The van der Waals surface area contributed by atoms with E-state index in [1.54, 1.807) is 0 Å². The van der Waals surface area contributed by atoms with Gasteiger partial charge in [0, 0.05) is 0 Å². The largest absolute Gasteiger partial charge is 0.0622 e. The Morgan fingerprint density at radius 3 is 0.533 bits per heavy atom. The summed E-state index contributed by atoms with van der Waals surface area (Å²) in [6.07, 6.45) is 0. The van der Waals surface area contributed by atoms with Crippen LogP contribution in [0.2, 0.25) is 0 Å². The van der Waals surface area contributed by atoms with Gasteiger partial charge in [-0.1, -0.05) is 138 Å². The van der Waals surface area contributed by atoms with Gasteiger partial charge in [0.05, 0.1) is 0 Å². The van der Waals surface area contributed by atoms with E-state index >= 15 is 0 Å². The van der Waals surface area contributed by atoms with Crippen molar-refractivity contribution in [2.24, 2.45) is 56.2 Å². The van der Waals surface area contributed by atoms with Crippen LogP contribution in [0.25, 0.3) is 0 Å². The normalized spacial score (nSPS) is 18.4. The summed E-state index contributed by atoms with van der Waals surface area (Å²) in [6, 6.07) is 0. The van der Waals surface area contributed by atoms with E-state index in [1.807, 2.05) is 0 Å². The molecule has 0 saturated carbocycles. The van der Waals surface area contributed by atoms with Crippen LogP contribution in [0.4, 0.5) is 0 Å².